The Hall–Kier alpha value is -1.20. The Morgan fingerprint density at radius 1 is 1.15 bits per heavy atom. The molecule has 1 rings (SSSR count). The summed E-state index contributed by atoms with van der Waals surface area (Å²) in [6.45, 7) is 7.46. The van der Waals surface area contributed by atoms with Crippen LogP contribution in [0, 0.1) is 5.92 Å². The van der Waals surface area contributed by atoms with Gasteiger partial charge in [-0.25, -0.2) is 13.1 Å². The van der Waals surface area contributed by atoms with Crippen LogP contribution in [0.1, 0.15) is 50.9 Å². The Labute approximate surface area is 121 Å². The summed E-state index contributed by atoms with van der Waals surface area (Å²) in [5.41, 5.74) is 0.511. The summed E-state index contributed by atoms with van der Waals surface area (Å²) in [6, 6.07) is 5.91. The Balaban J connectivity index is 2.91. The fourth-order valence-corrected chi connectivity index (χ4v) is 3.59. The van der Waals surface area contributed by atoms with Gasteiger partial charge in [-0.1, -0.05) is 38.8 Å². The Bertz CT molecular complexity index is 545. The van der Waals surface area contributed by atoms with Crippen LogP contribution in [0.2, 0.25) is 0 Å². The Morgan fingerprint density at radius 2 is 1.65 bits per heavy atom. The molecular weight excluding hydrogens is 274 g/mol. The molecule has 1 unspecified atom stereocenters. The number of nitrogens with one attached hydrogen (secondary N) is 1. The van der Waals surface area contributed by atoms with Crippen molar-refractivity contribution < 1.29 is 13.2 Å². The van der Waals surface area contributed by atoms with Crippen LogP contribution in [0.15, 0.2) is 29.2 Å². The maximum Gasteiger partial charge on any atom is 0.240 e. The molecule has 0 saturated carbocycles. The largest absolute Gasteiger partial charge is 0.295 e. The van der Waals surface area contributed by atoms with Crippen LogP contribution in [0.3, 0.4) is 0 Å². The molecule has 0 aromatic heterocycles. The number of carbonyl (C=O) groups is 1. The highest BCUT2D eigenvalue weighted by Gasteiger charge is 2.21. The lowest BCUT2D eigenvalue weighted by Crippen LogP contribution is -2.37. The fraction of sp³-hybridized carbons (Fsp3) is 0.533. The van der Waals surface area contributed by atoms with Gasteiger partial charge >= 0.3 is 0 Å². The van der Waals surface area contributed by atoms with E-state index in [-0.39, 0.29) is 16.7 Å². The third-order valence-electron chi connectivity index (χ3n) is 3.67. The molecule has 4 nitrogen and oxygen atoms in total. The van der Waals surface area contributed by atoms with Crippen LogP contribution in [0.4, 0.5) is 0 Å². The summed E-state index contributed by atoms with van der Waals surface area (Å²) >= 11 is 0. The third-order valence-corrected chi connectivity index (χ3v) is 5.24. The standard InChI is InChI=1S/C15H23NO3S/c1-5-13(6-2)11(3)16-20(18,19)15-9-7-14(8-10-15)12(4)17/h7-11,13,16H,5-6H2,1-4H3. The van der Waals surface area contributed by atoms with Gasteiger partial charge in [0.15, 0.2) is 5.78 Å². The molecule has 0 bridgehead atoms. The van der Waals surface area contributed by atoms with Crippen molar-refractivity contribution in [1.29, 1.82) is 0 Å². The van der Waals surface area contributed by atoms with E-state index in [1.165, 1.54) is 19.1 Å². The van der Waals surface area contributed by atoms with E-state index in [0.717, 1.165) is 12.8 Å². The van der Waals surface area contributed by atoms with Gasteiger partial charge in [0.05, 0.1) is 4.90 Å². The summed E-state index contributed by atoms with van der Waals surface area (Å²) in [4.78, 5) is 11.4. The highest BCUT2D eigenvalue weighted by Crippen LogP contribution is 2.17. The van der Waals surface area contributed by atoms with E-state index in [1.54, 1.807) is 12.1 Å². The number of rotatable bonds is 7. The molecular formula is C15H23NO3S. The van der Waals surface area contributed by atoms with Crippen molar-refractivity contribution in [2.45, 2.75) is 51.5 Å². The molecule has 1 atom stereocenters. The number of hydrogen-bond donors (Lipinski definition) is 1. The number of benzene rings is 1. The van der Waals surface area contributed by atoms with Crippen LogP contribution in [-0.4, -0.2) is 20.2 Å². The molecule has 0 aliphatic rings. The maximum atomic E-state index is 12.3. The van der Waals surface area contributed by atoms with Gasteiger partial charge < -0.3 is 0 Å². The van der Waals surface area contributed by atoms with E-state index >= 15 is 0 Å². The monoisotopic (exact) mass is 297 g/mol. The first-order valence-electron chi connectivity index (χ1n) is 6.95. The van der Waals surface area contributed by atoms with E-state index in [4.69, 9.17) is 0 Å². The van der Waals surface area contributed by atoms with Gasteiger partial charge in [-0.15, -0.1) is 0 Å². The minimum atomic E-state index is -3.53. The lowest BCUT2D eigenvalue weighted by molar-refractivity contribution is 0.101. The summed E-state index contributed by atoms with van der Waals surface area (Å²) in [7, 11) is -3.53. The Morgan fingerprint density at radius 3 is 2.05 bits per heavy atom. The number of hydrogen-bond acceptors (Lipinski definition) is 3. The maximum absolute atomic E-state index is 12.3. The minimum Gasteiger partial charge on any atom is -0.295 e. The van der Waals surface area contributed by atoms with Gasteiger partial charge in [0.2, 0.25) is 10.0 Å². The molecule has 1 aromatic carbocycles. The van der Waals surface area contributed by atoms with Crippen molar-refractivity contribution in [3.8, 4) is 0 Å². The number of carbonyl (C=O) groups excluding carboxylic acids is 1. The summed E-state index contributed by atoms with van der Waals surface area (Å²) in [5.74, 6) is 0.244. The zero-order valence-electron chi connectivity index (χ0n) is 12.5. The highest BCUT2D eigenvalue weighted by molar-refractivity contribution is 7.89. The third kappa shape index (κ3) is 4.15. The van der Waals surface area contributed by atoms with Crippen LogP contribution >= 0.6 is 0 Å². The summed E-state index contributed by atoms with van der Waals surface area (Å²) in [6.07, 6.45) is 1.87. The SMILES string of the molecule is CCC(CC)C(C)NS(=O)(=O)c1ccc(C(C)=O)cc1. The van der Waals surface area contributed by atoms with Gasteiger partial charge in [0, 0.05) is 11.6 Å². The quantitative estimate of drug-likeness (QED) is 0.787. The fourth-order valence-electron chi connectivity index (χ4n) is 2.27. The lowest BCUT2D eigenvalue weighted by Gasteiger charge is -2.22. The van der Waals surface area contributed by atoms with E-state index in [0.29, 0.717) is 11.5 Å². The van der Waals surface area contributed by atoms with Crippen LogP contribution in [0.25, 0.3) is 0 Å². The first kappa shape index (κ1) is 16.9. The zero-order chi connectivity index (χ0) is 15.3. The summed E-state index contributed by atoms with van der Waals surface area (Å²) in [5, 5.41) is 0. The second-order valence-electron chi connectivity index (χ2n) is 5.07. The minimum absolute atomic E-state index is 0.0766. The van der Waals surface area contributed by atoms with Crippen molar-refractivity contribution in [1.82, 2.24) is 4.72 Å². The van der Waals surface area contributed by atoms with E-state index in [9.17, 15) is 13.2 Å². The second-order valence-corrected chi connectivity index (χ2v) is 6.78. The molecule has 0 radical (unpaired) electrons. The predicted octanol–water partition coefficient (Wildman–Crippen LogP) is 2.99. The summed E-state index contributed by atoms with van der Waals surface area (Å²) < 4.78 is 27.2. The van der Waals surface area contributed by atoms with Crippen LogP contribution in [0.5, 0.6) is 0 Å². The van der Waals surface area contributed by atoms with E-state index < -0.39 is 10.0 Å². The molecule has 0 aliphatic carbocycles. The highest BCUT2D eigenvalue weighted by atomic mass is 32.2. The molecule has 1 aromatic rings. The average molecular weight is 297 g/mol. The first-order valence-corrected chi connectivity index (χ1v) is 8.43. The van der Waals surface area contributed by atoms with Gasteiger partial charge in [-0.2, -0.15) is 0 Å². The molecule has 0 amide bonds. The van der Waals surface area contributed by atoms with E-state index in [1.807, 2.05) is 6.92 Å². The van der Waals surface area contributed by atoms with Crippen LogP contribution in [-0.2, 0) is 10.0 Å². The molecule has 0 heterocycles. The van der Waals surface area contributed by atoms with Gasteiger partial charge in [0.1, 0.15) is 0 Å². The van der Waals surface area contributed by atoms with Crippen molar-refractivity contribution >= 4 is 15.8 Å². The molecule has 1 N–H and O–H groups in total. The zero-order valence-corrected chi connectivity index (χ0v) is 13.3. The van der Waals surface area contributed by atoms with Crippen molar-refractivity contribution in [3.05, 3.63) is 29.8 Å². The predicted molar refractivity (Wildman–Crippen MR) is 80.3 cm³/mol. The molecule has 5 heteroatoms. The van der Waals surface area contributed by atoms with Gasteiger partial charge in [-0.05, 0) is 31.9 Å². The lowest BCUT2D eigenvalue weighted by atomic mass is 9.96. The van der Waals surface area contributed by atoms with Gasteiger partial charge in [0.25, 0.3) is 0 Å². The normalized spacial score (nSPS) is 13.4. The topological polar surface area (TPSA) is 63.2 Å². The molecule has 112 valence electrons. The second kappa shape index (κ2) is 6.99. The van der Waals surface area contributed by atoms with Crippen molar-refractivity contribution in [3.63, 3.8) is 0 Å². The smallest absolute Gasteiger partial charge is 0.240 e. The van der Waals surface area contributed by atoms with Crippen LogP contribution < -0.4 is 4.72 Å². The van der Waals surface area contributed by atoms with Gasteiger partial charge in [-0.3, -0.25) is 4.79 Å². The molecule has 0 fully saturated rings. The Kier molecular flexibility index (Phi) is 5.89. The molecule has 0 saturated heterocycles. The van der Waals surface area contributed by atoms with Crippen molar-refractivity contribution in [2.24, 2.45) is 5.92 Å². The molecule has 0 aliphatic heterocycles. The number of sulfonamides is 1. The molecule has 20 heavy (non-hydrogen) atoms. The number of ketones is 1. The number of Topliss-reactive ketones (excluding diaryl/α,β-unsaturated/α-hetero) is 1. The first-order chi connectivity index (χ1) is 9.31. The van der Waals surface area contributed by atoms with Crippen molar-refractivity contribution in [2.75, 3.05) is 0 Å². The average Bonchev–Trinajstić information content (AvgIpc) is 2.39. The van der Waals surface area contributed by atoms with E-state index in [2.05, 4.69) is 18.6 Å². The molecule has 0 spiro atoms.